The number of aliphatic imine (C=N–C) groups is 1. The summed E-state index contributed by atoms with van der Waals surface area (Å²) in [6, 6.07) is 0. The van der Waals surface area contributed by atoms with E-state index in [0.29, 0.717) is 0 Å². The molecule has 14 heavy (non-hydrogen) atoms. The molecule has 1 heteroatoms. The normalized spacial score (nSPS) is 10.4. The van der Waals surface area contributed by atoms with Crippen molar-refractivity contribution >= 4 is 5.71 Å². The quantitative estimate of drug-likeness (QED) is 0.334. The fourth-order valence-electron chi connectivity index (χ4n) is 0.763. The minimum Gasteiger partial charge on any atom is -0.294 e. The third-order valence-electron chi connectivity index (χ3n) is 1.88. The van der Waals surface area contributed by atoms with E-state index in [1.165, 1.54) is 25.0 Å². The van der Waals surface area contributed by atoms with Crippen molar-refractivity contribution in [3.05, 3.63) is 12.7 Å². The fourth-order valence-corrected chi connectivity index (χ4v) is 0.763. The number of nitrogens with zero attached hydrogens (tertiary/aromatic N) is 1. The van der Waals surface area contributed by atoms with Crippen molar-refractivity contribution in [2.24, 2.45) is 4.99 Å². The molecule has 0 radical (unpaired) electrons. The van der Waals surface area contributed by atoms with Crippen LogP contribution in [0.5, 0.6) is 0 Å². The van der Waals surface area contributed by atoms with Crippen LogP contribution in [0.3, 0.4) is 0 Å². The molecule has 84 valence electrons. The fraction of sp³-hybridized carbons (Fsp3) is 0.769. The van der Waals surface area contributed by atoms with Crippen LogP contribution in [0.2, 0.25) is 0 Å². The predicted molar refractivity (Wildman–Crippen MR) is 68.3 cm³/mol. The summed E-state index contributed by atoms with van der Waals surface area (Å²) < 4.78 is 0. The largest absolute Gasteiger partial charge is 0.294 e. The lowest BCUT2D eigenvalue weighted by molar-refractivity contribution is 0.816. The van der Waals surface area contributed by atoms with Gasteiger partial charge in [0.25, 0.3) is 0 Å². The highest BCUT2D eigenvalue weighted by Gasteiger charge is 1.80. The van der Waals surface area contributed by atoms with Crippen molar-refractivity contribution in [3.63, 3.8) is 0 Å². The van der Waals surface area contributed by atoms with E-state index < -0.39 is 0 Å². The molecule has 1 nitrogen and oxygen atoms in total. The molecule has 0 aromatic carbocycles. The number of hydrogen-bond acceptors (Lipinski definition) is 1. The summed E-state index contributed by atoms with van der Waals surface area (Å²) in [6.45, 7) is 13.1. The highest BCUT2D eigenvalue weighted by molar-refractivity contribution is 5.81. The van der Waals surface area contributed by atoms with Gasteiger partial charge in [0.2, 0.25) is 0 Å². The average Bonchev–Trinajstić information content (AvgIpc) is 2.23. The summed E-state index contributed by atoms with van der Waals surface area (Å²) in [5.41, 5.74) is 1.27. The molecule has 0 unspecified atom stereocenters. The first kappa shape index (κ1) is 15.9. The van der Waals surface area contributed by atoms with Crippen LogP contribution in [0.1, 0.15) is 59.8 Å². The molecule has 0 rings (SSSR count). The molecule has 0 aromatic heterocycles. The van der Waals surface area contributed by atoms with Crippen LogP contribution in [0.25, 0.3) is 0 Å². The minimum absolute atomic E-state index is 1.000. The van der Waals surface area contributed by atoms with Gasteiger partial charge in [0.05, 0.1) is 0 Å². The number of rotatable bonds is 6. The second kappa shape index (κ2) is 14.9. The molecule has 0 N–H and O–H groups in total. The van der Waals surface area contributed by atoms with Crippen molar-refractivity contribution in [1.29, 1.82) is 0 Å². The maximum Gasteiger partial charge on any atom is 0.0385 e. The van der Waals surface area contributed by atoms with Crippen molar-refractivity contribution in [2.45, 2.75) is 59.8 Å². The molecule has 0 saturated heterocycles. The third-order valence-corrected chi connectivity index (χ3v) is 1.88. The summed E-state index contributed by atoms with van der Waals surface area (Å²) in [5, 5.41) is 0. The van der Waals surface area contributed by atoms with Crippen LogP contribution in [0.15, 0.2) is 17.6 Å². The van der Waals surface area contributed by atoms with Gasteiger partial charge in [-0.1, -0.05) is 39.7 Å². The SMILES string of the molecule is C=CCCCC.CCCN=C(C)CC. The second-order valence-electron chi connectivity index (χ2n) is 3.40. The maximum atomic E-state index is 4.28. The molecular weight excluding hydrogens is 170 g/mol. The topological polar surface area (TPSA) is 12.4 Å². The zero-order valence-electron chi connectivity index (χ0n) is 10.5. The Bertz CT molecular complexity index is 136. The van der Waals surface area contributed by atoms with E-state index in [9.17, 15) is 0 Å². The maximum absolute atomic E-state index is 4.28. The second-order valence-corrected chi connectivity index (χ2v) is 3.40. The molecule has 0 fully saturated rings. The van der Waals surface area contributed by atoms with Crippen LogP contribution in [0.4, 0.5) is 0 Å². The first-order valence-corrected chi connectivity index (χ1v) is 5.83. The van der Waals surface area contributed by atoms with E-state index in [0.717, 1.165) is 19.4 Å². The Hall–Kier alpha value is -0.590. The molecule has 0 heterocycles. The molecule has 0 spiro atoms. The van der Waals surface area contributed by atoms with Crippen LogP contribution < -0.4 is 0 Å². The lowest BCUT2D eigenvalue weighted by Gasteiger charge is -1.91. The van der Waals surface area contributed by atoms with E-state index in [-0.39, 0.29) is 0 Å². The van der Waals surface area contributed by atoms with Gasteiger partial charge in [0.1, 0.15) is 0 Å². The zero-order valence-corrected chi connectivity index (χ0v) is 10.5. The van der Waals surface area contributed by atoms with Crippen LogP contribution >= 0.6 is 0 Å². The van der Waals surface area contributed by atoms with Crippen LogP contribution in [-0.2, 0) is 0 Å². The lowest BCUT2D eigenvalue weighted by Crippen LogP contribution is -1.88. The predicted octanol–water partition coefficient (Wildman–Crippen LogP) is 4.63. The molecular formula is C13H27N. The summed E-state index contributed by atoms with van der Waals surface area (Å²) in [5.74, 6) is 0. The highest BCUT2D eigenvalue weighted by Crippen LogP contribution is 1.91. The average molecular weight is 197 g/mol. The first-order valence-electron chi connectivity index (χ1n) is 5.83. The Morgan fingerprint density at radius 2 is 1.86 bits per heavy atom. The monoisotopic (exact) mass is 197 g/mol. The molecule has 0 aliphatic rings. The van der Waals surface area contributed by atoms with Crippen molar-refractivity contribution in [3.8, 4) is 0 Å². The molecule has 0 atom stereocenters. The molecule has 0 aliphatic carbocycles. The van der Waals surface area contributed by atoms with Gasteiger partial charge in [-0.2, -0.15) is 0 Å². The van der Waals surface area contributed by atoms with Crippen molar-refractivity contribution in [2.75, 3.05) is 6.54 Å². The third kappa shape index (κ3) is 17.5. The summed E-state index contributed by atoms with van der Waals surface area (Å²) >= 11 is 0. The Labute approximate surface area is 90.3 Å². The summed E-state index contributed by atoms with van der Waals surface area (Å²) in [6.07, 6.45) is 7.98. The Morgan fingerprint density at radius 3 is 2.14 bits per heavy atom. The first-order chi connectivity index (χ1) is 6.72. The zero-order chi connectivity index (χ0) is 11.2. The summed E-state index contributed by atoms with van der Waals surface area (Å²) in [4.78, 5) is 4.28. The smallest absolute Gasteiger partial charge is 0.0385 e. The molecule has 0 saturated carbocycles. The Kier molecular flexibility index (Phi) is 16.9. The highest BCUT2D eigenvalue weighted by atomic mass is 14.7. The Morgan fingerprint density at radius 1 is 1.21 bits per heavy atom. The molecule has 0 bridgehead atoms. The molecule has 0 aliphatic heterocycles. The number of unbranched alkanes of at least 4 members (excludes halogenated alkanes) is 2. The number of allylic oxidation sites excluding steroid dienone is 1. The van der Waals surface area contributed by atoms with E-state index in [4.69, 9.17) is 0 Å². The van der Waals surface area contributed by atoms with Gasteiger partial charge in [0, 0.05) is 12.3 Å². The van der Waals surface area contributed by atoms with Gasteiger partial charge in [-0.3, -0.25) is 4.99 Å². The molecule has 0 amide bonds. The van der Waals surface area contributed by atoms with Crippen molar-refractivity contribution in [1.82, 2.24) is 0 Å². The van der Waals surface area contributed by atoms with Gasteiger partial charge >= 0.3 is 0 Å². The van der Waals surface area contributed by atoms with E-state index >= 15 is 0 Å². The standard InChI is InChI=1S/C7H15N.C6H12/c1-4-6-8-7(3)5-2;1-3-5-6-4-2/h4-6H2,1-3H3;3H,1,4-6H2,2H3. The van der Waals surface area contributed by atoms with Crippen LogP contribution in [-0.4, -0.2) is 12.3 Å². The number of hydrogen-bond donors (Lipinski definition) is 0. The van der Waals surface area contributed by atoms with Gasteiger partial charge in [-0.15, -0.1) is 6.58 Å². The molecule has 0 aromatic rings. The van der Waals surface area contributed by atoms with Gasteiger partial charge in [-0.25, -0.2) is 0 Å². The summed E-state index contributed by atoms with van der Waals surface area (Å²) in [7, 11) is 0. The Balaban J connectivity index is 0. The van der Waals surface area contributed by atoms with Crippen molar-refractivity contribution < 1.29 is 0 Å². The van der Waals surface area contributed by atoms with Gasteiger partial charge in [0.15, 0.2) is 0 Å². The van der Waals surface area contributed by atoms with E-state index in [1.54, 1.807) is 0 Å². The van der Waals surface area contributed by atoms with Crippen LogP contribution in [0, 0.1) is 0 Å². The van der Waals surface area contributed by atoms with E-state index in [2.05, 4.69) is 39.3 Å². The van der Waals surface area contributed by atoms with E-state index in [1.807, 2.05) is 6.08 Å². The van der Waals surface area contributed by atoms with Gasteiger partial charge in [-0.05, 0) is 26.2 Å². The lowest BCUT2D eigenvalue weighted by atomic mass is 10.3. The van der Waals surface area contributed by atoms with Gasteiger partial charge < -0.3 is 0 Å². The minimum atomic E-state index is 1.000.